The third-order valence-corrected chi connectivity index (χ3v) is 5.00. The average molecular weight is 321 g/mol. The van der Waals surface area contributed by atoms with E-state index < -0.39 is 10.0 Å². The quantitative estimate of drug-likeness (QED) is 0.917. The van der Waals surface area contributed by atoms with Crippen molar-refractivity contribution >= 4 is 15.7 Å². The predicted octanol–water partition coefficient (Wildman–Crippen LogP) is 2.25. The molecule has 2 heterocycles. The lowest BCUT2D eigenvalue weighted by Crippen LogP contribution is -2.24. The number of sulfonamides is 1. The van der Waals surface area contributed by atoms with Crippen LogP contribution in [0.15, 0.2) is 47.6 Å². The molecule has 1 aromatic carbocycles. The zero-order valence-electron chi connectivity index (χ0n) is 12.2. The average Bonchev–Trinajstić information content (AvgIpc) is 2.95. The van der Waals surface area contributed by atoms with Gasteiger partial charge in [0.05, 0.1) is 29.4 Å². The number of hydrogen-bond acceptors (Lipinski definition) is 4. The van der Waals surface area contributed by atoms with Crippen LogP contribution in [-0.4, -0.2) is 30.9 Å². The second kappa shape index (κ2) is 6.50. The molecule has 6 nitrogen and oxygen atoms in total. The van der Waals surface area contributed by atoms with Crippen molar-refractivity contribution in [3.63, 3.8) is 0 Å². The first-order chi connectivity index (χ1) is 10.6. The summed E-state index contributed by atoms with van der Waals surface area (Å²) >= 11 is 0. The van der Waals surface area contributed by atoms with Crippen molar-refractivity contribution in [1.82, 2.24) is 9.78 Å². The van der Waals surface area contributed by atoms with E-state index in [1.807, 2.05) is 0 Å². The smallest absolute Gasteiger partial charge is 0.261 e. The zero-order chi connectivity index (χ0) is 15.4. The van der Waals surface area contributed by atoms with Crippen molar-refractivity contribution in [2.75, 3.05) is 11.3 Å². The van der Waals surface area contributed by atoms with E-state index in [0.29, 0.717) is 12.2 Å². The number of nitrogens with one attached hydrogen (secondary N) is 1. The fourth-order valence-corrected chi connectivity index (χ4v) is 3.54. The lowest BCUT2D eigenvalue weighted by molar-refractivity contribution is 0.00401. The van der Waals surface area contributed by atoms with Crippen LogP contribution in [-0.2, 0) is 21.3 Å². The number of ether oxygens (including phenoxy) is 1. The van der Waals surface area contributed by atoms with Crippen molar-refractivity contribution in [3.05, 3.63) is 42.7 Å². The maximum atomic E-state index is 12.2. The van der Waals surface area contributed by atoms with Gasteiger partial charge in [0.15, 0.2) is 0 Å². The van der Waals surface area contributed by atoms with Crippen molar-refractivity contribution in [3.8, 4) is 0 Å². The maximum Gasteiger partial charge on any atom is 0.261 e. The maximum absolute atomic E-state index is 12.2. The van der Waals surface area contributed by atoms with Crippen LogP contribution in [0.5, 0.6) is 0 Å². The Kier molecular flexibility index (Phi) is 4.44. The Hall–Kier alpha value is -1.86. The minimum Gasteiger partial charge on any atom is -0.376 e. The lowest BCUT2D eigenvalue weighted by Gasteiger charge is -2.22. The summed E-state index contributed by atoms with van der Waals surface area (Å²) in [7, 11) is -3.57. The van der Waals surface area contributed by atoms with Gasteiger partial charge < -0.3 is 4.74 Å². The van der Waals surface area contributed by atoms with E-state index in [1.165, 1.54) is 12.6 Å². The summed E-state index contributed by atoms with van der Waals surface area (Å²) in [5.74, 6) is 0. The number of anilines is 1. The van der Waals surface area contributed by atoms with Crippen molar-refractivity contribution in [2.45, 2.75) is 36.8 Å². The van der Waals surface area contributed by atoms with Gasteiger partial charge in [-0.3, -0.25) is 9.40 Å². The second-order valence-electron chi connectivity index (χ2n) is 5.36. The Bertz CT molecular complexity index is 707. The van der Waals surface area contributed by atoms with Gasteiger partial charge in [0.25, 0.3) is 10.0 Å². The second-order valence-corrected chi connectivity index (χ2v) is 7.04. The largest absolute Gasteiger partial charge is 0.376 e. The number of benzene rings is 1. The fraction of sp³-hybridized carbons (Fsp3) is 0.400. The van der Waals surface area contributed by atoms with E-state index in [9.17, 15) is 8.42 Å². The highest BCUT2D eigenvalue weighted by atomic mass is 32.2. The molecule has 0 unspecified atom stereocenters. The van der Waals surface area contributed by atoms with E-state index in [1.54, 1.807) is 41.2 Å². The fourth-order valence-electron chi connectivity index (χ4n) is 2.49. The molecule has 0 spiro atoms. The molecular formula is C15H19N3O3S. The first kappa shape index (κ1) is 15.1. The summed E-state index contributed by atoms with van der Waals surface area (Å²) in [6.45, 7) is 1.44. The van der Waals surface area contributed by atoms with Gasteiger partial charge in [0.1, 0.15) is 0 Å². The van der Waals surface area contributed by atoms with Crippen LogP contribution in [0.2, 0.25) is 0 Å². The summed E-state index contributed by atoms with van der Waals surface area (Å²) in [6, 6.07) is 8.28. The Morgan fingerprint density at radius 1 is 1.27 bits per heavy atom. The normalized spacial score (nSPS) is 19.0. The summed E-state index contributed by atoms with van der Waals surface area (Å²) < 4.78 is 34.4. The molecule has 1 aromatic heterocycles. The van der Waals surface area contributed by atoms with Crippen LogP contribution in [0.25, 0.3) is 0 Å². The van der Waals surface area contributed by atoms with Gasteiger partial charge in [0.2, 0.25) is 0 Å². The van der Waals surface area contributed by atoms with E-state index in [0.717, 1.165) is 19.4 Å². The van der Waals surface area contributed by atoms with Crippen LogP contribution in [0, 0.1) is 0 Å². The molecule has 0 bridgehead atoms. The van der Waals surface area contributed by atoms with Crippen molar-refractivity contribution in [1.29, 1.82) is 0 Å². The van der Waals surface area contributed by atoms with Crippen molar-refractivity contribution in [2.24, 2.45) is 0 Å². The summed E-state index contributed by atoms with van der Waals surface area (Å²) in [5.41, 5.74) is 0.458. The van der Waals surface area contributed by atoms with Gasteiger partial charge in [-0.1, -0.05) is 18.2 Å². The first-order valence-electron chi connectivity index (χ1n) is 7.35. The van der Waals surface area contributed by atoms with Crippen molar-refractivity contribution < 1.29 is 13.2 Å². The number of nitrogens with zero attached hydrogens (tertiary/aromatic N) is 2. The van der Waals surface area contributed by atoms with Gasteiger partial charge >= 0.3 is 0 Å². The molecule has 118 valence electrons. The summed E-state index contributed by atoms with van der Waals surface area (Å²) in [5, 5.41) is 4.20. The van der Waals surface area contributed by atoms with Crippen LogP contribution >= 0.6 is 0 Å². The van der Waals surface area contributed by atoms with Gasteiger partial charge in [-0.05, 0) is 31.4 Å². The topological polar surface area (TPSA) is 73.2 Å². The molecule has 0 aliphatic carbocycles. The minimum atomic E-state index is -3.57. The predicted molar refractivity (Wildman–Crippen MR) is 83.1 cm³/mol. The van der Waals surface area contributed by atoms with Gasteiger partial charge in [-0.2, -0.15) is 5.10 Å². The molecule has 0 radical (unpaired) electrons. The minimum absolute atomic E-state index is 0.159. The zero-order valence-corrected chi connectivity index (χ0v) is 13.0. The first-order valence-corrected chi connectivity index (χ1v) is 8.84. The third-order valence-electron chi connectivity index (χ3n) is 3.60. The van der Waals surface area contributed by atoms with E-state index >= 15 is 0 Å². The number of hydrogen-bond donors (Lipinski definition) is 1. The van der Waals surface area contributed by atoms with Gasteiger partial charge in [0, 0.05) is 12.8 Å². The molecule has 3 rings (SSSR count). The van der Waals surface area contributed by atoms with Gasteiger partial charge in [-0.25, -0.2) is 8.42 Å². The molecule has 1 atom stereocenters. The molecule has 0 saturated carbocycles. The molecule has 0 amide bonds. The molecular weight excluding hydrogens is 302 g/mol. The Balaban J connectivity index is 1.66. The standard InChI is InChI=1S/C15H19N3O3S/c19-22(20,15-7-2-1-3-8-15)17-13-10-16-18(11-13)12-14-6-4-5-9-21-14/h1-3,7-8,10-11,14,17H,4-6,9,12H2/t14-/m1/s1. The Morgan fingerprint density at radius 2 is 2.09 bits per heavy atom. The Labute approximate surface area is 130 Å². The third kappa shape index (κ3) is 3.66. The highest BCUT2D eigenvalue weighted by Gasteiger charge is 2.17. The molecule has 1 aliphatic rings. The van der Waals surface area contributed by atoms with E-state index in [2.05, 4.69) is 9.82 Å². The highest BCUT2D eigenvalue weighted by Crippen LogP contribution is 2.17. The number of rotatable bonds is 5. The molecule has 1 fully saturated rings. The van der Waals surface area contributed by atoms with Gasteiger partial charge in [-0.15, -0.1) is 0 Å². The molecule has 2 aromatic rings. The van der Waals surface area contributed by atoms with E-state index in [4.69, 9.17) is 4.74 Å². The highest BCUT2D eigenvalue weighted by molar-refractivity contribution is 7.92. The molecule has 1 saturated heterocycles. The monoisotopic (exact) mass is 321 g/mol. The van der Waals surface area contributed by atoms with Crippen LogP contribution < -0.4 is 4.72 Å². The molecule has 7 heteroatoms. The molecule has 22 heavy (non-hydrogen) atoms. The lowest BCUT2D eigenvalue weighted by atomic mass is 10.1. The molecule has 1 aliphatic heterocycles. The van der Waals surface area contributed by atoms with Crippen LogP contribution in [0.1, 0.15) is 19.3 Å². The molecule has 1 N–H and O–H groups in total. The summed E-state index contributed by atoms with van der Waals surface area (Å²) in [4.78, 5) is 0.235. The van der Waals surface area contributed by atoms with Crippen LogP contribution in [0.4, 0.5) is 5.69 Å². The summed E-state index contributed by atoms with van der Waals surface area (Å²) in [6.07, 6.45) is 6.66. The SMILES string of the molecule is O=S(=O)(Nc1cnn(C[C@H]2CCCCO2)c1)c1ccccc1. The van der Waals surface area contributed by atoms with Crippen LogP contribution in [0.3, 0.4) is 0 Å². The Morgan fingerprint density at radius 3 is 2.82 bits per heavy atom. The van der Waals surface area contributed by atoms with E-state index in [-0.39, 0.29) is 11.0 Å². The number of aromatic nitrogens is 2.